The lowest BCUT2D eigenvalue weighted by molar-refractivity contribution is -0.384. The van der Waals surface area contributed by atoms with Gasteiger partial charge in [0, 0.05) is 30.8 Å². The summed E-state index contributed by atoms with van der Waals surface area (Å²) in [5.74, 6) is -0.0474. The summed E-state index contributed by atoms with van der Waals surface area (Å²) in [5, 5.41) is 11.2. The van der Waals surface area contributed by atoms with Gasteiger partial charge in [-0.05, 0) is 50.0 Å². The van der Waals surface area contributed by atoms with E-state index in [1.807, 2.05) is 6.92 Å². The Kier molecular flexibility index (Phi) is 6.30. The van der Waals surface area contributed by atoms with Gasteiger partial charge in [0.2, 0.25) is 0 Å². The number of ketones is 1. The van der Waals surface area contributed by atoms with Gasteiger partial charge in [0.15, 0.2) is 11.8 Å². The third kappa shape index (κ3) is 4.06. The van der Waals surface area contributed by atoms with Gasteiger partial charge >= 0.3 is 5.97 Å². The van der Waals surface area contributed by atoms with E-state index in [0.717, 1.165) is 51.4 Å². The first kappa shape index (κ1) is 21.8. The number of rotatable bonds is 7. The highest BCUT2D eigenvalue weighted by Gasteiger charge is 2.57. The predicted octanol–water partition coefficient (Wildman–Crippen LogP) is 4.82. The van der Waals surface area contributed by atoms with E-state index in [4.69, 9.17) is 4.74 Å². The number of carbonyl (C=O) groups excluding carboxylic acids is 2. The Labute approximate surface area is 183 Å². The van der Waals surface area contributed by atoms with Gasteiger partial charge < -0.3 is 9.64 Å². The van der Waals surface area contributed by atoms with E-state index in [-0.39, 0.29) is 29.7 Å². The first-order chi connectivity index (χ1) is 15.0. The average Bonchev–Trinajstić information content (AvgIpc) is 3.47. The van der Waals surface area contributed by atoms with Crippen molar-refractivity contribution in [2.75, 3.05) is 11.4 Å². The summed E-state index contributed by atoms with van der Waals surface area (Å²) in [6.07, 6.45) is 9.57. The summed E-state index contributed by atoms with van der Waals surface area (Å²) in [7, 11) is 0. The molecule has 0 amide bonds. The summed E-state index contributed by atoms with van der Waals surface area (Å²) in [6.45, 7) is 2.41. The van der Waals surface area contributed by atoms with Crippen LogP contribution in [0.3, 0.4) is 0 Å². The van der Waals surface area contributed by atoms with Crippen LogP contribution < -0.4 is 4.90 Å². The van der Waals surface area contributed by atoms with Crippen LogP contribution in [0.4, 0.5) is 11.4 Å². The minimum Gasteiger partial charge on any atom is -0.456 e. The zero-order valence-corrected chi connectivity index (χ0v) is 18.3. The van der Waals surface area contributed by atoms with Crippen LogP contribution in [0.5, 0.6) is 0 Å². The minimum absolute atomic E-state index is 0.0542. The molecule has 1 aromatic carbocycles. The predicted molar refractivity (Wildman–Crippen MR) is 117 cm³/mol. The Bertz CT molecular complexity index is 806. The number of ether oxygens (including phenoxy) is 1. The molecule has 0 N–H and O–H groups in total. The molecule has 2 aliphatic carbocycles. The molecule has 7 nitrogen and oxygen atoms in total. The van der Waals surface area contributed by atoms with Crippen molar-refractivity contribution in [1.82, 2.24) is 0 Å². The van der Waals surface area contributed by atoms with Crippen molar-refractivity contribution in [2.45, 2.75) is 82.8 Å². The van der Waals surface area contributed by atoms with Crippen LogP contribution in [0.1, 0.15) is 71.1 Å². The van der Waals surface area contributed by atoms with Crippen LogP contribution in [0.25, 0.3) is 0 Å². The number of nitro groups is 1. The topological polar surface area (TPSA) is 89.8 Å². The molecule has 31 heavy (non-hydrogen) atoms. The van der Waals surface area contributed by atoms with Gasteiger partial charge in [-0.15, -0.1) is 0 Å². The smallest absolute Gasteiger partial charge is 0.337 e. The Morgan fingerprint density at radius 2 is 1.71 bits per heavy atom. The normalized spacial score (nSPS) is 24.4. The fraction of sp³-hybridized carbons (Fsp3) is 0.667. The fourth-order valence-corrected chi connectivity index (χ4v) is 6.13. The standard InChI is InChI=1S/C24H32N2O5/c1-2-14-25(19-12-7-13-20(15-19)26(29)30)22-21(27)16-24(31-23(22)28,17-8-3-4-9-17)18-10-5-6-11-18/h7,12-13,15,17-18,22H,2-6,8-11,14,16H2,1H3. The van der Waals surface area contributed by atoms with Crippen LogP contribution in [-0.4, -0.2) is 34.9 Å². The minimum atomic E-state index is -1.03. The summed E-state index contributed by atoms with van der Waals surface area (Å²) in [4.78, 5) is 39.5. The summed E-state index contributed by atoms with van der Waals surface area (Å²) in [6, 6.07) is 5.14. The van der Waals surface area contributed by atoms with E-state index in [0.29, 0.717) is 18.7 Å². The molecule has 0 bridgehead atoms. The van der Waals surface area contributed by atoms with Crippen LogP contribution >= 0.6 is 0 Å². The van der Waals surface area contributed by atoms with Crippen molar-refractivity contribution in [1.29, 1.82) is 0 Å². The maximum atomic E-state index is 13.6. The maximum absolute atomic E-state index is 13.6. The van der Waals surface area contributed by atoms with Crippen LogP contribution in [-0.2, 0) is 14.3 Å². The molecule has 168 valence electrons. The number of Topliss-reactive ketones (excluding diaryl/α,β-unsaturated/α-hetero) is 1. The van der Waals surface area contributed by atoms with Crippen molar-refractivity contribution >= 4 is 23.1 Å². The number of nitrogens with zero attached hydrogens (tertiary/aromatic N) is 2. The molecule has 1 unspecified atom stereocenters. The Morgan fingerprint density at radius 1 is 1.10 bits per heavy atom. The number of anilines is 1. The van der Waals surface area contributed by atoms with E-state index in [1.165, 1.54) is 12.1 Å². The molecule has 1 heterocycles. The lowest BCUT2D eigenvalue weighted by Gasteiger charge is -2.48. The SMILES string of the molecule is CCCN(c1cccc([N+](=O)[O-])c1)C1C(=O)CC(C2CCCC2)(C2CCCC2)OC1=O. The van der Waals surface area contributed by atoms with Crippen molar-refractivity contribution < 1.29 is 19.2 Å². The van der Waals surface area contributed by atoms with E-state index < -0.39 is 22.5 Å². The van der Waals surface area contributed by atoms with Gasteiger partial charge in [0.05, 0.1) is 4.92 Å². The molecule has 0 radical (unpaired) electrons. The lowest BCUT2D eigenvalue weighted by Crippen LogP contribution is -2.61. The second-order valence-electron chi connectivity index (χ2n) is 9.35. The number of cyclic esters (lactones) is 1. The molecule has 0 spiro atoms. The lowest BCUT2D eigenvalue weighted by atomic mass is 9.69. The Balaban J connectivity index is 1.65. The number of non-ortho nitro benzene ring substituents is 1. The molecular weight excluding hydrogens is 396 g/mol. The zero-order chi connectivity index (χ0) is 22.0. The number of carbonyl (C=O) groups is 2. The van der Waals surface area contributed by atoms with Crippen LogP contribution in [0.2, 0.25) is 0 Å². The van der Waals surface area contributed by atoms with Gasteiger partial charge in [0.1, 0.15) is 5.60 Å². The molecule has 3 fully saturated rings. The van der Waals surface area contributed by atoms with Gasteiger partial charge in [-0.2, -0.15) is 0 Å². The number of esters is 1. The van der Waals surface area contributed by atoms with Crippen molar-refractivity contribution in [3.63, 3.8) is 0 Å². The number of nitro benzene ring substituents is 1. The molecule has 1 saturated heterocycles. The number of hydrogen-bond donors (Lipinski definition) is 0. The summed E-state index contributed by atoms with van der Waals surface area (Å²) >= 11 is 0. The molecule has 2 saturated carbocycles. The molecule has 1 aromatic rings. The van der Waals surface area contributed by atoms with Crippen LogP contribution in [0.15, 0.2) is 24.3 Å². The Hall–Kier alpha value is -2.44. The highest BCUT2D eigenvalue weighted by molar-refractivity contribution is 6.08. The van der Waals surface area contributed by atoms with Gasteiger partial charge in [0.25, 0.3) is 5.69 Å². The first-order valence-corrected chi connectivity index (χ1v) is 11.7. The van der Waals surface area contributed by atoms with E-state index in [2.05, 4.69) is 0 Å². The second kappa shape index (κ2) is 8.97. The molecule has 1 atom stereocenters. The van der Waals surface area contributed by atoms with Gasteiger partial charge in [-0.1, -0.05) is 38.7 Å². The second-order valence-corrected chi connectivity index (χ2v) is 9.35. The van der Waals surface area contributed by atoms with Gasteiger partial charge in [-0.3, -0.25) is 14.9 Å². The monoisotopic (exact) mass is 428 g/mol. The molecule has 3 aliphatic rings. The number of benzene rings is 1. The third-order valence-electron chi connectivity index (χ3n) is 7.51. The largest absolute Gasteiger partial charge is 0.456 e. The highest BCUT2D eigenvalue weighted by Crippen LogP contribution is 2.51. The first-order valence-electron chi connectivity index (χ1n) is 11.7. The molecular formula is C24H32N2O5. The van der Waals surface area contributed by atoms with Crippen molar-refractivity contribution in [2.24, 2.45) is 11.8 Å². The number of hydrogen-bond acceptors (Lipinski definition) is 6. The third-order valence-corrected chi connectivity index (χ3v) is 7.51. The highest BCUT2D eigenvalue weighted by atomic mass is 16.6. The fourth-order valence-electron chi connectivity index (χ4n) is 6.13. The molecule has 4 rings (SSSR count). The summed E-state index contributed by atoms with van der Waals surface area (Å²) in [5.41, 5.74) is -0.194. The average molecular weight is 429 g/mol. The molecule has 1 aliphatic heterocycles. The molecule has 0 aromatic heterocycles. The summed E-state index contributed by atoms with van der Waals surface area (Å²) < 4.78 is 6.32. The maximum Gasteiger partial charge on any atom is 0.337 e. The van der Waals surface area contributed by atoms with E-state index in [1.54, 1.807) is 17.0 Å². The van der Waals surface area contributed by atoms with Crippen LogP contribution in [0, 0.1) is 22.0 Å². The molecule has 7 heteroatoms. The van der Waals surface area contributed by atoms with E-state index in [9.17, 15) is 19.7 Å². The van der Waals surface area contributed by atoms with Crippen molar-refractivity contribution in [3.05, 3.63) is 34.4 Å². The quantitative estimate of drug-likeness (QED) is 0.268. The van der Waals surface area contributed by atoms with Gasteiger partial charge in [-0.25, -0.2) is 4.79 Å². The Morgan fingerprint density at radius 3 is 2.23 bits per heavy atom. The van der Waals surface area contributed by atoms with Crippen molar-refractivity contribution in [3.8, 4) is 0 Å². The zero-order valence-electron chi connectivity index (χ0n) is 18.3. The van der Waals surface area contributed by atoms with E-state index >= 15 is 0 Å².